The van der Waals surface area contributed by atoms with Crippen LogP contribution in [-0.2, 0) is 27.5 Å². The van der Waals surface area contributed by atoms with Gasteiger partial charge < -0.3 is 29.6 Å². The standard InChI is InChI=1S/C49H49ClF3N7O7S/c50-36-5-2-32(3-6-36)43-28-35(49(51,52)53)4-1-34(43)31-57-21-23-59(24-22-57)39-7-10-42(47(29-39)67-40-8-11-44-33(27-40)13-18-54-44)48(61)56-68(64,65)41-9-12-45(46(30-41)60(62)63)55-37-14-19-58(20-15-37)38-16-25-66-26-17-38/h1-13,18,27-30,37-38,54-55H,14-17,19-26,31H2,(H,56,61). The van der Waals surface area contributed by atoms with E-state index in [9.17, 15) is 36.5 Å². The first-order valence-electron chi connectivity index (χ1n) is 22.4. The molecule has 1 amide bonds. The molecule has 1 aromatic heterocycles. The van der Waals surface area contributed by atoms with Crippen LogP contribution in [-0.4, -0.2) is 98.6 Å². The van der Waals surface area contributed by atoms with Gasteiger partial charge in [0.05, 0.1) is 20.9 Å². The van der Waals surface area contributed by atoms with E-state index in [0.717, 1.165) is 80.6 Å². The minimum absolute atomic E-state index is 0.0446. The number of carbonyl (C=O) groups excluding carboxylic acids is 1. The molecule has 19 heteroatoms. The molecular weight excluding hydrogens is 923 g/mol. The van der Waals surface area contributed by atoms with Crippen LogP contribution >= 0.6 is 11.6 Å². The number of ether oxygens (including phenoxy) is 2. The highest BCUT2D eigenvalue weighted by atomic mass is 35.5. The smallest absolute Gasteiger partial charge is 0.416 e. The van der Waals surface area contributed by atoms with Crippen molar-refractivity contribution in [1.29, 1.82) is 0 Å². The third-order valence-corrected chi connectivity index (χ3v) is 14.6. The first-order chi connectivity index (χ1) is 32.7. The number of aromatic nitrogens is 1. The second-order valence-corrected chi connectivity index (χ2v) is 19.4. The number of H-pyrrole nitrogens is 1. The number of alkyl halides is 3. The summed E-state index contributed by atoms with van der Waals surface area (Å²) in [5.74, 6) is -0.552. The zero-order chi connectivity index (χ0) is 47.6. The Morgan fingerprint density at radius 3 is 2.34 bits per heavy atom. The Hall–Kier alpha value is -6.18. The van der Waals surface area contributed by atoms with Gasteiger partial charge >= 0.3 is 6.18 Å². The van der Waals surface area contributed by atoms with Gasteiger partial charge in [0.2, 0.25) is 0 Å². The molecule has 0 unspecified atom stereocenters. The molecule has 0 radical (unpaired) electrons. The van der Waals surface area contributed by atoms with Crippen LogP contribution in [0.15, 0.2) is 114 Å². The molecule has 14 nitrogen and oxygen atoms in total. The molecule has 0 spiro atoms. The van der Waals surface area contributed by atoms with Gasteiger partial charge in [-0.25, -0.2) is 13.1 Å². The molecule has 4 heterocycles. The number of nitro benzene ring substituents is 1. The van der Waals surface area contributed by atoms with Gasteiger partial charge in [0, 0.05) is 111 Å². The summed E-state index contributed by atoms with van der Waals surface area (Å²) in [7, 11) is -4.63. The fourth-order valence-electron chi connectivity index (χ4n) is 9.26. The maximum absolute atomic E-state index is 14.0. The Balaban J connectivity index is 0.910. The van der Waals surface area contributed by atoms with Gasteiger partial charge in [-0.05, 0) is 115 Å². The lowest BCUT2D eigenvalue weighted by Crippen LogP contribution is -2.46. The summed E-state index contributed by atoms with van der Waals surface area (Å²) in [6.45, 7) is 5.69. The number of hydrogen-bond donors (Lipinski definition) is 3. The van der Waals surface area contributed by atoms with E-state index in [4.69, 9.17) is 21.1 Å². The normalized spacial score (nSPS) is 17.0. The number of carbonyl (C=O) groups is 1. The molecule has 3 saturated heterocycles. The van der Waals surface area contributed by atoms with Crippen LogP contribution in [0.25, 0.3) is 22.0 Å². The number of benzene rings is 5. The molecular formula is C49H49ClF3N7O7S. The average molecular weight is 972 g/mol. The molecule has 68 heavy (non-hydrogen) atoms. The highest BCUT2D eigenvalue weighted by Gasteiger charge is 2.33. The number of likely N-dealkylation sites (tertiary alicyclic amines) is 1. The van der Waals surface area contributed by atoms with E-state index in [1.807, 2.05) is 12.1 Å². The Kier molecular flexibility index (Phi) is 13.7. The highest BCUT2D eigenvalue weighted by Crippen LogP contribution is 2.37. The number of anilines is 2. The fraction of sp³-hybridized carbons (Fsp3) is 0.327. The van der Waals surface area contributed by atoms with Crippen molar-refractivity contribution in [3.8, 4) is 22.6 Å². The van der Waals surface area contributed by atoms with Crippen LogP contribution in [0.3, 0.4) is 0 Å². The van der Waals surface area contributed by atoms with E-state index in [1.165, 1.54) is 30.3 Å². The summed E-state index contributed by atoms with van der Waals surface area (Å²) >= 11 is 6.09. The quantitative estimate of drug-likeness (QED) is 0.0746. The van der Waals surface area contributed by atoms with Gasteiger partial charge in [-0.15, -0.1) is 0 Å². The van der Waals surface area contributed by atoms with Crippen molar-refractivity contribution < 1.29 is 40.8 Å². The number of hydrogen-bond acceptors (Lipinski definition) is 11. The van der Waals surface area contributed by atoms with Crippen molar-refractivity contribution in [3.05, 3.63) is 141 Å². The van der Waals surface area contributed by atoms with Crippen molar-refractivity contribution in [1.82, 2.24) is 19.5 Å². The molecule has 0 saturated carbocycles. The number of nitrogens with zero attached hydrogens (tertiary/aromatic N) is 4. The number of piperazine rings is 1. The summed E-state index contributed by atoms with van der Waals surface area (Å²) in [5.41, 5.74) is 2.29. The van der Waals surface area contributed by atoms with Crippen LogP contribution in [0.5, 0.6) is 11.5 Å². The predicted octanol–water partition coefficient (Wildman–Crippen LogP) is 9.70. The van der Waals surface area contributed by atoms with Gasteiger partial charge in [0.25, 0.3) is 21.6 Å². The number of amides is 1. The number of fused-ring (bicyclic) bond motifs is 1. The largest absolute Gasteiger partial charge is 0.456 e. The number of aromatic amines is 1. The first-order valence-corrected chi connectivity index (χ1v) is 24.3. The van der Waals surface area contributed by atoms with Crippen LogP contribution in [0.4, 0.5) is 30.2 Å². The van der Waals surface area contributed by atoms with E-state index >= 15 is 0 Å². The molecule has 0 atom stereocenters. The molecule has 6 aromatic rings. The van der Waals surface area contributed by atoms with E-state index in [2.05, 4.69) is 29.7 Å². The fourth-order valence-corrected chi connectivity index (χ4v) is 10.4. The lowest BCUT2D eigenvalue weighted by atomic mass is 9.96. The lowest BCUT2D eigenvalue weighted by Gasteiger charge is -2.39. The third-order valence-electron chi connectivity index (χ3n) is 13.0. The molecule has 0 aliphatic carbocycles. The number of halogens is 4. The maximum Gasteiger partial charge on any atom is 0.416 e. The van der Waals surface area contributed by atoms with Gasteiger partial charge in [0.1, 0.15) is 17.2 Å². The van der Waals surface area contributed by atoms with E-state index in [1.54, 1.807) is 54.7 Å². The Labute approximate surface area is 396 Å². The summed E-state index contributed by atoms with van der Waals surface area (Å²) in [4.78, 5) is 35.0. The topological polar surface area (TPSA) is 162 Å². The summed E-state index contributed by atoms with van der Waals surface area (Å²) in [6, 6.07) is 26.5. The van der Waals surface area contributed by atoms with Crippen molar-refractivity contribution in [3.63, 3.8) is 0 Å². The van der Waals surface area contributed by atoms with E-state index in [0.29, 0.717) is 66.4 Å². The number of sulfonamides is 1. The van der Waals surface area contributed by atoms with Crippen LogP contribution in [0, 0.1) is 10.1 Å². The molecule has 5 aromatic carbocycles. The number of nitro groups is 1. The average Bonchev–Trinajstić information content (AvgIpc) is 3.80. The Morgan fingerprint density at radius 1 is 0.868 bits per heavy atom. The molecule has 3 aliphatic rings. The second kappa shape index (κ2) is 19.8. The highest BCUT2D eigenvalue weighted by molar-refractivity contribution is 7.90. The van der Waals surface area contributed by atoms with E-state index in [-0.39, 0.29) is 23.0 Å². The first kappa shape index (κ1) is 46.9. The maximum atomic E-state index is 14.0. The number of piperidine rings is 1. The minimum Gasteiger partial charge on any atom is -0.456 e. The van der Waals surface area contributed by atoms with Crippen LogP contribution in [0.2, 0.25) is 5.02 Å². The molecule has 356 valence electrons. The molecule has 9 rings (SSSR count). The zero-order valence-corrected chi connectivity index (χ0v) is 38.4. The van der Waals surface area contributed by atoms with Gasteiger partial charge in [-0.2, -0.15) is 13.2 Å². The second-order valence-electron chi connectivity index (χ2n) is 17.3. The Morgan fingerprint density at radius 2 is 1.62 bits per heavy atom. The van der Waals surface area contributed by atoms with E-state index < -0.39 is 43.2 Å². The van der Waals surface area contributed by atoms with Crippen molar-refractivity contribution >= 4 is 55.5 Å². The molecule has 3 fully saturated rings. The zero-order valence-electron chi connectivity index (χ0n) is 36.8. The summed E-state index contributed by atoms with van der Waals surface area (Å²) in [6.07, 6.45) is 0.757. The minimum atomic E-state index is -4.63. The summed E-state index contributed by atoms with van der Waals surface area (Å²) < 4.78 is 82.9. The lowest BCUT2D eigenvalue weighted by molar-refractivity contribution is -0.384. The molecule has 3 aliphatic heterocycles. The van der Waals surface area contributed by atoms with Gasteiger partial charge in [0.15, 0.2) is 0 Å². The predicted molar refractivity (Wildman–Crippen MR) is 254 cm³/mol. The van der Waals surface area contributed by atoms with Crippen molar-refractivity contribution in [2.24, 2.45) is 0 Å². The third kappa shape index (κ3) is 10.7. The molecule has 3 N–H and O–H groups in total. The number of rotatable bonds is 13. The van der Waals surface area contributed by atoms with Crippen molar-refractivity contribution in [2.45, 2.75) is 55.4 Å². The van der Waals surface area contributed by atoms with Crippen LogP contribution in [0.1, 0.15) is 47.2 Å². The van der Waals surface area contributed by atoms with Gasteiger partial charge in [-0.1, -0.05) is 29.8 Å². The van der Waals surface area contributed by atoms with Crippen molar-refractivity contribution in [2.75, 3.05) is 62.7 Å². The molecule has 0 bridgehead atoms. The SMILES string of the molecule is O=C(NS(=O)(=O)c1ccc(NC2CCN(C3CCOCC3)CC2)c([N+](=O)[O-])c1)c1ccc(N2CCN(Cc3ccc(C(F)(F)F)cc3-c3ccc(Cl)cc3)CC2)cc1Oc1ccc2[nH]ccc2c1. The number of nitrogens with one attached hydrogen (secondary N) is 3. The Bertz CT molecular complexity index is 2910. The van der Waals surface area contributed by atoms with Crippen LogP contribution < -0.4 is 19.7 Å². The van der Waals surface area contributed by atoms with Gasteiger partial charge in [-0.3, -0.25) is 19.8 Å². The monoisotopic (exact) mass is 971 g/mol. The summed E-state index contributed by atoms with van der Waals surface area (Å²) in [5, 5.41) is 16.9.